The van der Waals surface area contributed by atoms with E-state index in [4.69, 9.17) is 0 Å². The van der Waals surface area contributed by atoms with Gasteiger partial charge in [-0.3, -0.25) is 0 Å². The molecule has 0 aliphatic carbocycles. The zero-order valence-electron chi connectivity index (χ0n) is 13.3. The molecule has 21 heavy (non-hydrogen) atoms. The van der Waals surface area contributed by atoms with Crippen molar-refractivity contribution in [2.24, 2.45) is 5.41 Å². The van der Waals surface area contributed by atoms with Crippen LogP contribution in [0.2, 0.25) is 0 Å². The molecular formula is C15H27N3O3. The van der Waals surface area contributed by atoms with E-state index in [2.05, 4.69) is 11.9 Å². The normalized spacial score (nSPS) is 27.3. The summed E-state index contributed by atoms with van der Waals surface area (Å²) in [6.07, 6.45) is 2.66. The number of likely N-dealkylation sites (tertiary alicyclic amines) is 1. The Balaban J connectivity index is 2.14. The predicted molar refractivity (Wildman–Crippen MR) is 80.2 cm³/mol. The summed E-state index contributed by atoms with van der Waals surface area (Å²) in [5.74, 6) is -0.889. The quantitative estimate of drug-likeness (QED) is 0.793. The van der Waals surface area contributed by atoms with Gasteiger partial charge in [-0.1, -0.05) is 13.8 Å². The molecule has 2 fully saturated rings. The van der Waals surface area contributed by atoms with E-state index in [1.807, 2.05) is 18.7 Å². The zero-order valence-corrected chi connectivity index (χ0v) is 13.3. The predicted octanol–water partition coefficient (Wildman–Crippen LogP) is 1.32. The topological polar surface area (TPSA) is 64.1 Å². The van der Waals surface area contributed by atoms with Crippen LogP contribution in [-0.4, -0.2) is 77.6 Å². The van der Waals surface area contributed by atoms with E-state index < -0.39 is 12.0 Å². The number of amides is 2. The number of likely N-dealkylation sites (N-methyl/N-ethyl adjacent to an activating group) is 1. The number of hydrogen-bond donors (Lipinski definition) is 1. The maximum atomic E-state index is 12.8. The number of carboxylic acids is 1. The minimum Gasteiger partial charge on any atom is -0.480 e. The Morgan fingerprint density at radius 1 is 1.05 bits per heavy atom. The first kappa shape index (κ1) is 16.1. The number of carboxylic acid groups (broad SMARTS) is 1. The van der Waals surface area contributed by atoms with Crippen molar-refractivity contribution in [2.45, 2.75) is 39.2 Å². The van der Waals surface area contributed by atoms with Crippen LogP contribution in [0.5, 0.6) is 0 Å². The summed E-state index contributed by atoms with van der Waals surface area (Å²) in [7, 11) is 2.05. The molecule has 0 saturated carbocycles. The Morgan fingerprint density at radius 2 is 1.76 bits per heavy atom. The van der Waals surface area contributed by atoms with Gasteiger partial charge in [0.05, 0.1) is 0 Å². The second-order valence-electron chi connectivity index (χ2n) is 6.95. The van der Waals surface area contributed by atoms with Gasteiger partial charge in [-0.25, -0.2) is 9.59 Å². The fraction of sp³-hybridized carbons (Fsp3) is 0.867. The van der Waals surface area contributed by atoms with Crippen LogP contribution in [0, 0.1) is 5.41 Å². The number of rotatable bonds is 1. The van der Waals surface area contributed by atoms with Crippen molar-refractivity contribution < 1.29 is 14.7 Å². The lowest BCUT2D eigenvalue weighted by Gasteiger charge is -2.45. The summed E-state index contributed by atoms with van der Waals surface area (Å²) in [5, 5.41) is 9.57. The molecule has 2 heterocycles. The minimum absolute atomic E-state index is 0.106. The SMILES string of the molecule is CN1CCCN(C(=O)N2CCCC(C)(C)C2C(=O)O)CC1. The molecule has 0 aromatic carbocycles. The molecule has 2 rings (SSSR count). The maximum Gasteiger partial charge on any atom is 0.327 e. The summed E-state index contributed by atoms with van der Waals surface area (Å²) in [4.78, 5) is 30.1. The molecule has 2 saturated heterocycles. The van der Waals surface area contributed by atoms with Crippen LogP contribution in [0.3, 0.4) is 0 Å². The second kappa shape index (κ2) is 6.22. The van der Waals surface area contributed by atoms with Gasteiger partial charge >= 0.3 is 12.0 Å². The summed E-state index contributed by atoms with van der Waals surface area (Å²) in [6, 6.07) is -0.829. The highest BCUT2D eigenvalue weighted by Crippen LogP contribution is 2.35. The summed E-state index contributed by atoms with van der Waals surface area (Å²) < 4.78 is 0. The highest BCUT2D eigenvalue weighted by molar-refractivity contribution is 5.83. The van der Waals surface area contributed by atoms with E-state index in [9.17, 15) is 14.7 Å². The third-order valence-corrected chi connectivity index (χ3v) is 4.74. The lowest BCUT2D eigenvalue weighted by molar-refractivity contribution is -0.148. The number of carbonyl (C=O) groups is 2. The van der Waals surface area contributed by atoms with Crippen LogP contribution in [-0.2, 0) is 4.79 Å². The van der Waals surface area contributed by atoms with Gasteiger partial charge in [-0.15, -0.1) is 0 Å². The van der Waals surface area contributed by atoms with Crippen LogP contribution < -0.4 is 0 Å². The molecule has 2 aliphatic rings. The first-order valence-corrected chi connectivity index (χ1v) is 7.80. The van der Waals surface area contributed by atoms with E-state index in [1.165, 1.54) is 0 Å². The monoisotopic (exact) mass is 297 g/mol. The Hall–Kier alpha value is -1.30. The lowest BCUT2D eigenvalue weighted by atomic mass is 9.76. The molecule has 1 atom stereocenters. The number of aliphatic carboxylic acids is 1. The molecule has 1 unspecified atom stereocenters. The molecule has 0 bridgehead atoms. The van der Waals surface area contributed by atoms with E-state index in [-0.39, 0.29) is 11.4 Å². The van der Waals surface area contributed by atoms with Crippen molar-refractivity contribution in [2.75, 3.05) is 39.8 Å². The molecule has 0 radical (unpaired) electrons. The van der Waals surface area contributed by atoms with Crippen LogP contribution in [0.1, 0.15) is 33.1 Å². The first-order chi connectivity index (χ1) is 9.83. The van der Waals surface area contributed by atoms with Crippen molar-refractivity contribution in [1.29, 1.82) is 0 Å². The minimum atomic E-state index is -0.889. The molecule has 2 amide bonds. The zero-order chi connectivity index (χ0) is 15.6. The van der Waals surface area contributed by atoms with Crippen molar-refractivity contribution >= 4 is 12.0 Å². The van der Waals surface area contributed by atoms with E-state index in [0.717, 1.165) is 32.4 Å². The van der Waals surface area contributed by atoms with E-state index in [1.54, 1.807) is 4.90 Å². The molecule has 0 aromatic rings. The van der Waals surface area contributed by atoms with Gasteiger partial charge in [-0.05, 0) is 38.3 Å². The second-order valence-corrected chi connectivity index (χ2v) is 6.95. The maximum absolute atomic E-state index is 12.8. The summed E-state index contributed by atoms with van der Waals surface area (Å²) >= 11 is 0. The number of urea groups is 1. The van der Waals surface area contributed by atoms with Crippen molar-refractivity contribution in [3.05, 3.63) is 0 Å². The summed E-state index contributed by atoms with van der Waals surface area (Å²) in [5.41, 5.74) is -0.373. The number of nitrogens with zero attached hydrogens (tertiary/aromatic N) is 3. The van der Waals surface area contributed by atoms with Crippen molar-refractivity contribution in [1.82, 2.24) is 14.7 Å². The fourth-order valence-corrected chi connectivity index (χ4v) is 3.49. The molecule has 2 aliphatic heterocycles. The molecular weight excluding hydrogens is 270 g/mol. The molecule has 6 heteroatoms. The van der Waals surface area contributed by atoms with Gasteiger partial charge in [-0.2, -0.15) is 0 Å². The van der Waals surface area contributed by atoms with Crippen molar-refractivity contribution in [3.63, 3.8) is 0 Å². The third kappa shape index (κ3) is 3.48. The summed E-state index contributed by atoms with van der Waals surface area (Å²) in [6.45, 7) is 7.66. The fourth-order valence-electron chi connectivity index (χ4n) is 3.49. The molecule has 120 valence electrons. The molecule has 6 nitrogen and oxygen atoms in total. The Kier molecular flexibility index (Phi) is 4.76. The number of hydrogen-bond acceptors (Lipinski definition) is 3. The van der Waals surface area contributed by atoms with Gasteiger partial charge < -0.3 is 19.8 Å². The Morgan fingerprint density at radius 3 is 2.43 bits per heavy atom. The average Bonchev–Trinajstić information content (AvgIpc) is 2.60. The lowest BCUT2D eigenvalue weighted by Crippen LogP contribution is -2.59. The van der Waals surface area contributed by atoms with Crippen LogP contribution >= 0.6 is 0 Å². The van der Waals surface area contributed by atoms with Gasteiger partial charge in [0.1, 0.15) is 6.04 Å². The van der Waals surface area contributed by atoms with Crippen LogP contribution in [0.4, 0.5) is 4.79 Å². The van der Waals surface area contributed by atoms with Crippen LogP contribution in [0.25, 0.3) is 0 Å². The first-order valence-electron chi connectivity index (χ1n) is 7.80. The van der Waals surface area contributed by atoms with Gasteiger partial charge in [0.15, 0.2) is 0 Å². The highest BCUT2D eigenvalue weighted by atomic mass is 16.4. The molecule has 0 aromatic heterocycles. The third-order valence-electron chi connectivity index (χ3n) is 4.74. The van der Waals surface area contributed by atoms with Gasteiger partial charge in [0, 0.05) is 26.2 Å². The molecule has 0 spiro atoms. The smallest absolute Gasteiger partial charge is 0.327 e. The van der Waals surface area contributed by atoms with E-state index in [0.29, 0.717) is 19.6 Å². The van der Waals surface area contributed by atoms with Gasteiger partial charge in [0.25, 0.3) is 0 Å². The van der Waals surface area contributed by atoms with Gasteiger partial charge in [0.2, 0.25) is 0 Å². The standard InChI is InChI=1S/C15H27N3O3/c1-15(2)6-4-9-18(12(15)13(19)20)14(21)17-8-5-7-16(3)10-11-17/h12H,4-11H2,1-3H3,(H,19,20). The highest BCUT2D eigenvalue weighted by Gasteiger charge is 2.45. The Bertz CT molecular complexity index is 411. The molecule has 1 N–H and O–H groups in total. The largest absolute Gasteiger partial charge is 0.480 e. The Labute approximate surface area is 126 Å². The van der Waals surface area contributed by atoms with Crippen molar-refractivity contribution in [3.8, 4) is 0 Å². The number of carbonyl (C=O) groups excluding carboxylic acids is 1. The van der Waals surface area contributed by atoms with Crippen LogP contribution in [0.15, 0.2) is 0 Å². The average molecular weight is 297 g/mol. The number of piperidine rings is 1. The van der Waals surface area contributed by atoms with E-state index >= 15 is 0 Å².